The second kappa shape index (κ2) is 7.80. The number of nitrogens with zero attached hydrogens (tertiary/aromatic N) is 2. The Labute approximate surface area is 97.7 Å². The highest BCUT2D eigenvalue weighted by atomic mass is 32.2. The maximum atomic E-state index is 2.30. The van der Waals surface area contributed by atoms with Crippen LogP contribution in [0.25, 0.3) is 0 Å². The highest BCUT2D eigenvalue weighted by molar-refractivity contribution is 7.98. The zero-order chi connectivity index (χ0) is 10.9. The normalized spacial score (nSPS) is 10.8. The summed E-state index contributed by atoms with van der Waals surface area (Å²) in [5, 5.41) is 0. The minimum atomic E-state index is 1.15. The van der Waals surface area contributed by atoms with E-state index in [-0.39, 0.29) is 0 Å². The summed E-state index contributed by atoms with van der Waals surface area (Å²) in [6, 6.07) is 0. The molecule has 0 aromatic carbocycles. The third-order valence-corrected chi connectivity index (χ3v) is 3.23. The van der Waals surface area contributed by atoms with Crippen molar-refractivity contribution in [2.24, 2.45) is 0 Å². The summed E-state index contributed by atoms with van der Waals surface area (Å²) in [6.45, 7) is 4.57. The Balaban J connectivity index is 2.23. The van der Waals surface area contributed by atoms with Gasteiger partial charge < -0.3 is 0 Å². The number of rotatable bonds is 8. The van der Waals surface area contributed by atoms with Gasteiger partial charge >= 0.3 is 0 Å². The van der Waals surface area contributed by atoms with Gasteiger partial charge in [0.25, 0.3) is 0 Å². The second-order valence-corrected chi connectivity index (χ2v) is 4.93. The van der Waals surface area contributed by atoms with Crippen LogP contribution < -0.4 is 4.57 Å². The number of hydrogen-bond donors (Lipinski definition) is 0. The maximum Gasteiger partial charge on any atom is 0.243 e. The van der Waals surface area contributed by atoms with E-state index in [1.165, 1.54) is 38.0 Å². The van der Waals surface area contributed by atoms with Gasteiger partial charge in [-0.25, -0.2) is 9.13 Å². The van der Waals surface area contributed by atoms with Crippen LogP contribution >= 0.6 is 11.8 Å². The molecule has 0 aliphatic rings. The highest BCUT2D eigenvalue weighted by Crippen LogP contribution is 1.98. The lowest BCUT2D eigenvalue weighted by atomic mass is 10.2. The summed E-state index contributed by atoms with van der Waals surface area (Å²) < 4.78 is 4.59. The molecule has 0 fully saturated rings. The topological polar surface area (TPSA) is 8.81 Å². The highest BCUT2D eigenvalue weighted by Gasteiger charge is 2.02. The lowest BCUT2D eigenvalue weighted by Gasteiger charge is -1.96. The summed E-state index contributed by atoms with van der Waals surface area (Å²) >= 11 is 1.92. The van der Waals surface area contributed by atoms with Crippen molar-refractivity contribution in [2.75, 3.05) is 12.0 Å². The molecule has 3 heteroatoms. The molecule has 0 radical (unpaired) electrons. The number of thioether (sulfide) groups is 1. The Bertz CT molecular complexity index is 233. The zero-order valence-corrected chi connectivity index (χ0v) is 10.8. The van der Waals surface area contributed by atoms with Crippen LogP contribution in [0.5, 0.6) is 0 Å². The molecule has 0 unspecified atom stereocenters. The van der Waals surface area contributed by atoms with E-state index >= 15 is 0 Å². The molecule has 1 heterocycles. The fourth-order valence-corrected chi connectivity index (χ4v) is 2.06. The Hall–Kier alpha value is -0.440. The van der Waals surface area contributed by atoms with Crippen LogP contribution in [0.15, 0.2) is 18.7 Å². The number of aromatic nitrogens is 2. The third-order valence-electron chi connectivity index (χ3n) is 2.53. The Kier molecular flexibility index (Phi) is 6.57. The van der Waals surface area contributed by atoms with Gasteiger partial charge in [-0.1, -0.05) is 13.3 Å². The van der Waals surface area contributed by atoms with Crippen molar-refractivity contribution < 1.29 is 4.57 Å². The third kappa shape index (κ3) is 5.26. The van der Waals surface area contributed by atoms with E-state index in [2.05, 4.69) is 41.0 Å². The quantitative estimate of drug-likeness (QED) is 0.490. The van der Waals surface area contributed by atoms with Crippen LogP contribution in [0.3, 0.4) is 0 Å². The van der Waals surface area contributed by atoms with Crippen molar-refractivity contribution >= 4 is 11.8 Å². The minimum Gasteiger partial charge on any atom is -0.237 e. The zero-order valence-electron chi connectivity index (χ0n) is 9.98. The van der Waals surface area contributed by atoms with E-state index in [0.29, 0.717) is 0 Å². The molecule has 1 rings (SSSR count). The molecule has 0 amide bonds. The predicted molar refractivity (Wildman–Crippen MR) is 67.2 cm³/mol. The summed E-state index contributed by atoms with van der Waals surface area (Å²) in [5.74, 6) is 1.26. The van der Waals surface area contributed by atoms with E-state index in [0.717, 1.165) is 6.54 Å². The van der Waals surface area contributed by atoms with Gasteiger partial charge in [-0.2, -0.15) is 11.8 Å². The fraction of sp³-hybridized carbons (Fsp3) is 0.750. The molecule has 0 spiro atoms. The van der Waals surface area contributed by atoms with Gasteiger partial charge in [-0.3, -0.25) is 0 Å². The second-order valence-electron chi connectivity index (χ2n) is 3.94. The number of hydrogen-bond acceptors (Lipinski definition) is 1. The molecule has 0 saturated carbocycles. The van der Waals surface area contributed by atoms with Gasteiger partial charge in [-0.05, 0) is 31.3 Å². The average molecular weight is 227 g/mol. The first kappa shape index (κ1) is 12.6. The van der Waals surface area contributed by atoms with Gasteiger partial charge in [0.1, 0.15) is 12.4 Å². The van der Waals surface area contributed by atoms with Crippen LogP contribution in [0.2, 0.25) is 0 Å². The molecule has 0 saturated heterocycles. The molecule has 0 atom stereocenters. The van der Waals surface area contributed by atoms with Crippen LogP contribution in [-0.2, 0) is 13.1 Å². The maximum absolute atomic E-state index is 2.30. The summed E-state index contributed by atoms with van der Waals surface area (Å²) in [7, 11) is 0. The van der Waals surface area contributed by atoms with E-state index in [9.17, 15) is 0 Å². The van der Waals surface area contributed by atoms with Crippen molar-refractivity contribution in [3.8, 4) is 0 Å². The molecule has 15 heavy (non-hydrogen) atoms. The molecule has 0 bridgehead atoms. The van der Waals surface area contributed by atoms with Gasteiger partial charge in [0, 0.05) is 0 Å². The molecular weight excluding hydrogens is 204 g/mol. The van der Waals surface area contributed by atoms with E-state index in [4.69, 9.17) is 0 Å². The molecule has 0 N–H and O–H groups in total. The number of aryl methyl sites for hydroxylation is 2. The molecule has 2 nitrogen and oxygen atoms in total. The first-order valence-corrected chi connectivity index (χ1v) is 7.30. The summed E-state index contributed by atoms with van der Waals surface area (Å²) in [5.41, 5.74) is 0. The molecule has 86 valence electrons. The lowest BCUT2D eigenvalue weighted by molar-refractivity contribution is -0.696. The van der Waals surface area contributed by atoms with E-state index < -0.39 is 0 Å². The number of imidazole rings is 1. The van der Waals surface area contributed by atoms with Gasteiger partial charge in [-0.15, -0.1) is 0 Å². The molecule has 1 aromatic rings. The van der Waals surface area contributed by atoms with Gasteiger partial charge in [0.05, 0.1) is 13.1 Å². The van der Waals surface area contributed by atoms with Crippen LogP contribution in [0.4, 0.5) is 0 Å². The molecular formula is C12H23N2S+. The van der Waals surface area contributed by atoms with E-state index in [1.54, 1.807) is 0 Å². The average Bonchev–Trinajstić information content (AvgIpc) is 2.67. The van der Waals surface area contributed by atoms with Gasteiger partial charge in [0.2, 0.25) is 6.33 Å². The minimum absolute atomic E-state index is 1.15. The fourth-order valence-electron chi connectivity index (χ4n) is 1.64. The first-order valence-electron chi connectivity index (χ1n) is 5.90. The lowest BCUT2D eigenvalue weighted by Crippen LogP contribution is -2.31. The summed E-state index contributed by atoms with van der Waals surface area (Å²) in [6.07, 6.45) is 14.0. The molecule has 0 aliphatic heterocycles. The Morgan fingerprint density at radius 3 is 2.87 bits per heavy atom. The van der Waals surface area contributed by atoms with Crippen molar-refractivity contribution in [2.45, 2.75) is 45.7 Å². The van der Waals surface area contributed by atoms with Crippen molar-refractivity contribution in [1.82, 2.24) is 4.57 Å². The number of unbranched alkanes of at least 4 members (excludes halogenated alkanes) is 2. The van der Waals surface area contributed by atoms with Crippen molar-refractivity contribution in [1.29, 1.82) is 0 Å². The standard InChI is InChI=1S/C12H23N2S/c1-3-4-5-7-13-9-10-14(12-13)8-6-11-15-2/h9-10,12H,3-8,11H2,1-2H3/q+1. The Morgan fingerprint density at radius 2 is 2.13 bits per heavy atom. The smallest absolute Gasteiger partial charge is 0.237 e. The summed E-state index contributed by atoms with van der Waals surface area (Å²) in [4.78, 5) is 0. The molecule has 1 aromatic heterocycles. The SMILES string of the molecule is CCCCCn1cc[n+](CCCSC)c1. The van der Waals surface area contributed by atoms with E-state index in [1.807, 2.05) is 11.8 Å². The first-order chi connectivity index (χ1) is 7.36. The largest absolute Gasteiger partial charge is 0.243 e. The van der Waals surface area contributed by atoms with Crippen LogP contribution in [0, 0.1) is 0 Å². The monoisotopic (exact) mass is 227 g/mol. The van der Waals surface area contributed by atoms with Crippen molar-refractivity contribution in [3.63, 3.8) is 0 Å². The van der Waals surface area contributed by atoms with Crippen molar-refractivity contribution in [3.05, 3.63) is 18.7 Å². The van der Waals surface area contributed by atoms with Crippen LogP contribution in [0.1, 0.15) is 32.6 Å². The predicted octanol–water partition coefficient (Wildman–Crippen LogP) is 2.72. The van der Waals surface area contributed by atoms with Crippen LogP contribution in [-0.4, -0.2) is 16.6 Å². The molecule has 0 aliphatic carbocycles. The Morgan fingerprint density at radius 1 is 1.27 bits per heavy atom. The van der Waals surface area contributed by atoms with Gasteiger partial charge in [0.15, 0.2) is 0 Å².